The van der Waals surface area contributed by atoms with Gasteiger partial charge in [-0.3, -0.25) is 0 Å². The molecule has 0 bridgehead atoms. The van der Waals surface area contributed by atoms with Gasteiger partial charge >= 0.3 is 0 Å². The van der Waals surface area contributed by atoms with Crippen LogP contribution in [0.4, 0.5) is 10.1 Å². The number of furan rings is 1. The molecule has 0 unspecified atom stereocenters. The molecule has 0 saturated heterocycles. The first-order valence-electron chi connectivity index (χ1n) is 7.14. The fraction of sp³-hybridized carbons (Fsp3) is 0.0588. The van der Waals surface area contributed by atoms with Gasteiger partial charge in [-0.05, 0) is 42.5 Å². The predicted octanol–water partition coefficient (Wildman–Crippen LogP) is 3.35. The molecule has 3 aromatic rings. The van der Waals surface area contributed by atoms with Crippen LogP contribution in [0.25, 0.3) is 11.3 Å². The minimum atomic E-state index is -3.75. The first-order valence-corrected chi connectivity index (χ1v) is 8.68. The van der Waals surface area contributed by atoms with Crippen LogP contribution in [0.15, 0.2) is 70.0 Å². The van der Waals surface area contributed by atoms with E-state index in [0.717, 1.165) is 0 Å². The van der Waals surface area contributed by atoms with Crippen LogP contribution < -0.4 is 10.5 Å². The van der Waals surface area contributed by atoms with Gasteiger partial charge in [0.15, 0.2) is 0 Å². The van der Waals surface area contributed by atoms with Crippen LogP contribution in [0.1, 0.15) is 5.76 Å². The summed E-state index contributed by atoms with van der Waals surface area (Å²) >= 11 is 0. The van der Waals surface area contributed by atoms with E-state index >= 15 is 0 Å². The Morgan fingerprint density at radius 1 is 1.04 bits per heavy atom. The van der Waals surface area contributed by atoms with Gasteiger partial charge in [0.25, 0.3) is 0 Å². The van der Waals surface area contributed by atoms with Crippen molar-refractivity contribution in [1.29, 1.82) is 0 Å². The third-order valence-electron chi connectivity index (χ3n) is 3.43. The number of sulfonamides is 1. The Morgan fingerprint density at radius 3 is 2.58 bits per heavy atom. The molecule has 2 aromatic carbocycles. The topological polar surface area (TPSA) is 85.3 Å². The maximum Gasteiger partial charge on any atom is 0.238 e. The van der Waals surface area contributed by atoms with E-state index in [0.29, 0.717) is 29.3 Å². The number of hydrogen-bond acceptors (Lipinski definition) is 4. The molecule has 0 aliphatic heterocycles. The number of primary sulfonamides is 1. The molecule has 0 spiro atoms. The largest absolute Gasteiger partial charge is 0.459 e. The maximum atomic E-state index is 13.7. The van der Waals surface area contributed by atoms with E-state index in [1.165, 1.54) is 18.2 Å². The van der Waals surface area contributed by atoms with Gasteiger partial charge in [0.1, 0.15) is 17.3 Å². The molecule has 3 N–H and O–H groups in total. The molecule has 0 aliphatic carbocycles. The van der Waals surface area contributed by atoms with Crippen LogP contribution in [-0.4, -0.2) is 8.42 Å². The van der Waals surface area contributed by atoms with E-state index in [1.54, 1.807) is 42.5 Å². The third kappa shape index (κ3) is 3.64. The zero-order chi connectivity index (χ0) is 17.2. The Labute approximate surface area is 139 Å². The lowest BCUT2D eigenvalue weighted by Gasteiger charge is -2.06. The van der Waals surface area contributed by atoms with Crippen LogP contribution in [0.3, 0.4) is 0 Å². The lowest BCUT2D eigenvalue weighted by atomic mass is 10.1. The van der Waals surface area contributed by atoms with E-state index in [9.17, 15) is 12.8 Å². The molecule has 0 fully saturated rings. The maximum absolute atomic E-state index is 13.7. The average molecular weight is 346 g/mol. The van der Waals surface area contributed by atoms with E-state index in [2.05, 4.69) is 5.32 Å². The number of benzene rings is 2. The third-order valence-corrected chi connectivity index (χ3v) is 4.34. The summed E-state index contributed by atoms with van der Waals surface area (Å²) in [7, 11) is -3.75. The van der Waals surface area contributed by atoms with Gasteiger partial charge in [0.2, 0.25) is 10.0 Å². The molecule has 0 amide bonds. The first kappa shape index (κ1) is 16.2. The highest BCUT2D eigenvalue weighted by Gasteiger charge is 2.10. The minimum absolute atomic E-state index is 0.0268. The summed E-state index contributed by atoms with van der Waals surface area (Å²) in [4.78, 5) is 0.0268. The average Bonchev–Trinajstić information content (AvgIpc) is 3.02. The predicted molar refractivity (Wildman–Crippen MR) is 89.2 cm³/mol. The Morgan fingerprint density at radius 2 is 1.83 bits per heavy atom. The lowest BCUT2D eigenvalue weighted by Crippen LogP contribution is -2.12. The van der Waals surface area contributed by atoms with Gasteiger partial charge in [-0.1, -0.05) is 18.2 Å². The van der Waals surface area contributed by atoms with Crippen molar-refractivity contribution >= 4 is 15.7 Å². The Balaban J connectivity index is 1.74. The zero-order valence-corrected chi connectivity index (χ0v) is 13.4. The highest BCUT2D eigenvalue weighted by Crippen LogP contribution is 2.25. The second kappa shape index (κ2) is 6.46. The molecule has 24 heavy (non-hydrogen) atoms. The Bertz CT molecular complexity index is 967. The summed E-state index contributed by atoms with van der Waals surface area (Å²) in [5.41, 5.74) is 0.977. The smallest absolute Gasteiger partial charge is 0.238 e. The van der Waals surface area contributed by atoms with Crippen LogP contribution in [0.5, 0.6) is 0 Å². The molecule has 0 saturated carbocycles. The monoisotopic (exact) mass is 346 g/mol. The number of halogens is 1. The van der Waals surface area contributed by atoms with Crippen LogP contribution >= 0.6 is 0 Å². The van der Waals surface area contributed by atoms with Gasteiger partial charge in [-0.25, -0.2) is 17.9 Å². The summed E-state index contributed by atoms with van der Waals surface area (Å²) in [5.74, 6) is 0.671. The normalized spacial score (nSPS) is 11.4. The van der Waals surface area contributed by atoms with Crippen molar-refractivity contribution < 1.29 is 17.2 Å². The van der Waals surface area contributed by atoms with Gasteiger partial charge < -0.3 is 9.73 Å². The van der Waals surface area contributed by atoms with Gasteiger partial charge in [0, 0.05) is 5.69 Å². The lowest BCUT2D eigenvalue weighted by molar-refractivity contribution is 0.525. The van der Waals surface area contributed by atoms with Gasteiger partial charge in [-0.2, -0.15) is 0 Å². The Kier molecular flexibility index (Phi) is 4.37. The minimum Gasteiger partial charge on any atom is -0.459 e. The highest BCUT2D eigenvalue weighted by molar-refractivity contribution is 7.89. The van der Waals surface area contributed by atoms with E-state index in [4.69, 9.17) is 9.56 Å². The number of anilines is 1. The first-order chi connectivity index (χ1) is 11.4. The standard InChI is InChI=1S/C17H15FN2O3S/c18-16-7-2-1-6-15(16)17-9-8-13(23-17)11-20-12-4-3-5-14(10-12)24(19,21)22/h1-10,20H,11H2,(H2,19,21,22). The van der Waals surface area contributed by atoms with Crippen LogP contribution in [0, 0.1) is 5.82 Å². The summed E-state index contributed by atoms with van der Waals surface area (Å²) in [6.07, 6.45) is 0. The molecule has 1 heterocycles. The van der Waals surface area contributed by atoms with Crippen molar-refractivity contribution in [3.8, 4) is 11.3 Å². The summed E-state index contributed by atoms with van der Waals surface area (Å²) in [5, 5.41) is 8.15. The highest BCUT2D eigenvalue weighted by atomic mass is 32.2. The van der Waals surface area contributed by atoms with Crippen LogP contribution in [-0.2, 0) is 16.6 Å². The molecule has 124 valence electrons. The summed E-state index contributed by atoms with van der Waals surface area (Å²) in [6, 6.07) is 16.0. The number of nitrogens with two attached hydrogens (primary N) is 1. The van der Waals surface area contributed by atoms with Crippen molar-refractivity contribution in [3.05, 3.63) is 72.2 Å². The van der Waals surface area contributed by atoms with Crippen molar-refractivity contribution in [2.75, 3.05) is 5.32 Å². The van der Waals surface area contributed by atoms with Crippen molar-refractivity contribution in [3.63, 3.8) is 0 Å². The SMILES string of the molecule is NS(=O)(=O)c1cccc(NCc2ccc(-c3ccccc3F)o2)c1. The van der Waals surface area contributed by atoms with Crippen molar-refractivity contribution in [1.82, 2.24) is 0 Å². The van der Waals surface area contributed by atoms with E-state index < -0.39 is 10.0 Å². The molecular formula is C17H15FN2O3S. The quantitative estimate of drug-likeness (QED) is 0.742. The fourth-order valence-electron chi connectivity index (χ4n) is 2.25. The molecule has 0 atom stereocenters. The summed E-state index contributed by atoms with van der Waals surface area (Å²) in [6.45, 7) is 0.322. The second-order valence-electron chi connectivity index (χ2n) is 5.17. The zero-order valence-electron chi connectivity index (χ0n) is 12.6. The molecule has 0 aliphatic rings. The molecular weight excluding hydrogens is 331 g/mol. The molecule has 3 rings (SSSR count). The number of nitrogens with one attached hydrogen (secondary N) is 1. The molecule has 0 radical (unpaired) electrons. The second-order valence-corrected chi connectivity index (χ2v) is 6.73. The molecule has 5 nitrogen and oxygen atoms in total. The fourth-order valence-corrected chi connectivity index (χ4v) is 2.81. The number of hydrogen-bond donors (Lipinski definition) is 2. The van der Waals surface area contributed by atoms with Crippen molar-refractivity contribution in [2.24, 2.45) is 5.14 Å². The molecule has 7 heteroatoms. The summed E-state index contributed by atoms with van der Waals surface area (Å²) < 4.78 is 42.1. The van der Waals surface area contributed by atoms with Gasteiger partial charge in [-0.15, -0.1) is 0 Å². The Hall–Kier alpha value is -2.64. The van der Waals surface area contributed by atoms with Gasteiger partial charge in [0.05, 0.1) is 17.0 Å². The van der Waals surface area contributed by atoms with E-state index in [-0.39, 0.29) is 10.7 Å². The van der Waals surface area contributed by atoms with Crippen molar-refractivity contribution in [2.45, 2.75) is 11.4 Å². The van der Waals surface area contributed by atoms with E-state index in [1.807, 2.05) is 0 Å². The van der Waals surface area contributed by atoms with Crippen LogP contribution in [0.2, 0.25) is 0 Å². The number of rotatable bonds is 5. The molecule has 1 aromatic heterocycles.